The highest BCUT2D eigenvalue weighted by atomic mass is 15.2. The summed E-state index contributed by atoms with van der Waals surface area (Å²) in [5, 5.41) is 0. The Morgan fingerprint density at radius 1 is 1.07 bits per heavy atom. The number of nitrogens with two attached hydrogens (primary N) is 1. The zero-order chi connectivity index (χ0) is 9.97. The van der Waals surface area contributed by atoms with Crippen molar-refractivity contribution in [3.05, 3.63) is 0 Å². The van der Waals surface area contributed by atoms with E-state index in [0.717, 1.165) is 17.8 Å². The van der Waals surface area contributed by atoms with E-state index in [4.69, 9.17) is 5.84 Å². The summed E-state index contributed by atoms with van der Waals surface area (Å²) in [6.07, 6.45) is 9.86. The summed E-state index contributed by atoms with van der Waals surface area (Å²) in [6.45, 7) is 2.39. The highest BCUT2D eigenvalue weighted by Crippen LogP contribution is 2.38. The fourth-order valence-electron chi connectivity index (χ4n) is 3.26. The minimum Gasteiger partial charge on any atom is -0.271 e. The molecule has 3 unspecified atom stereocenters. The summed E-state index contributed by atoms with van der Waals surface area (Å²) in [4.78, 5) is 0. The Morgan fingerprint density at radius 3 is 2.21 bits per heavy atom. The van der Waals surface area contributed by atoms with Gasteiger partial charge in [0.15, 0.2) is 0 Å². The summed E-state index contributed by atoms with van der Waals surface area (Å²) in [5.74, 6) is 8.37. The lowest BCUT2D eigenvalue weighted by molar-refractivity contribution is 0.130. The predicted octanol–water partition coefficient (Wildman–Crippen LogP) is 2.44. The summed E-state index contributed by atoms with van der Waals surface area (Å²) in [5.41, 5.74) is 3.09. The second kappa shape index (κ2) is 4.63. The number of rotatable bonds is 3. The highest BCUT2D eigenvalue weighted by Gasteiger charge is 2.34. The van der Waals surface area contributed by atoms with Crippen LogP contribution in [0.3, 0.4) is 0 Å². The van der Waals surface area contributed by atoms with Crippen molar-refractivity contribution in [1.29, 1.82) is 0 Å². The number of hydrogen-bond donors (Lipinski definition) is 2. The monoisotopic (exact) mass is 196 g/mol. The fraction of sp³-hybridized carbons (Fsp3) is 1.00. The minimum atomic E-state index is 0.617. The zero-order valence-electron chi connectivity index (χ0n) is 9.34. The molecule has 2 fully saturated rings. The summed E-state index contributed by atoms with van der Waals surface area (Å²) < 4.78 is 0. The molecule has 2 aliphatic rings. The fourth-order valence-corrected chi connectivity index (χ4v) is 3.26. The Balaban J connectivity index is 1.89. The van der Waals surface area contributed by atoms with Crippen molar-refractivity contribution >= 4 is 0 Å². The molecule has 82 valence electrons. The second-order valence-corrected chi connectivity index (χ2v) is 5.42. The van der Waals surface area contributed by atoms with Gasteiger partial charge in [-0.2, -0.15) is 0 Å². The maximum Gasteiger partial charge on any atom is 0.0267 e. The lowest BCUT2D eigenvalue weighted by atomic mass is 9.69. The van der Waals surface area contributed by atoms with Crippen LogP contribution in [0.15, 0.2) is 0 Å². The van der Waals surface area contributed by atoms with E-state index in [1.807, 2.05) is 0 Å². The summed E-state index contributed by atoms with van der Waals surface area (Å²) >= 11 is 0. The first-order valence-electron chi connectivity index (χ1n) is 6.27. The first-order valence-corrected chi connectivity index (χ1v) is 6.27. The minimum absolute atomic E-state index is 0.617. The molecule has 0 spiro atoms. The van der Waals surface area contributed by atoms with E-state index in [0.29, 0.717) is 6.04 Å². The Hall–Kier alpha value is -0.0800. The number of nitrogens with one attached hydrogen (secondary N) is 1. The van der Waals surface area contributed by atoms with E-state index in [1.54, 1.807) is 0 Å². The average molecular weight is 196 g/mol. The zero-order valence-corrected chi connectivity index (χ0v) is 9.34. The number of hydrogen-bond acceptors (Lipinski definition) is 2. The van der Waals surface area contributed by atoms with Crippen LogP contribution >= 0.6 is 0 Å². The van der Waals surface area contributed by atoms with Crippen LogP contribution in [0.25, 0.3) is 0 Å². The van der Waals surface area contributed by atoms with Gasteiger partial charge in [0.1, 0.15) is 0 Å². The largest absolute Gasteiger partial charge is 0.271 e. The van der Waals surface area contributed by atoms with Crippen LogP contribution in [0.5, 0.6) is 0 Å². The summed E-state index contributed by atoms with van der Waals surface area (Å²) in [6, 6.07) is 0.617. The van der Waals surface area contributed by atoms with E-state index >= 15 is 0 Å². The van der Waals surface area contributed by atoms with Gasteiger partial charge in [-0.1, -0.05) is 26.2 Å². The van der Waals surface area contributed by atoms with Crippen LogP contribution in [0, 0.1) is 17.8 Å². The molecular formula is C12H24N2. The molecule has 0 aromatic rings. The molecule has 0 aliphatic heterocycles. The molecule has 0 amide bonds. The van der Waals surface area contributed by atoms with Gasteiger partial charge in [0, 0.05) is 6.04 Å². The van der Waals surface area contributed by atoms with Crippen LogP contribution in [-0.2, 0) is 0 Å². The molecule has 0 bridgehead atoms. The first kappa shape index (κ1) is 10.4. The van der Waals surface area contributed by atoms with Crippen LogP contribution < -0.4 is 11.3 Å². The van der Waals surface area contributed by atoms with E-state index in [-0.39, 0.29) is 0 Å². The molecule has 14 heavy (non-hydrogen) atoms. The molecule has 2 heteroatoms. The molecule has 0 saturated heterocycles. The van der Waals surface area contributed by atoms with Gasteiger partial charge in [-0.25, -0.2) is 0 Å². The predicted molar refractivity (Wildman–Crippen MR) is 59.6 cm³/mol. The standard InChI is InChI=1S/C12H24N2/c1-9-4-2-7-11(8-9)12(14-13)10-5-3-6-10/h9-12,14H,2-8,13H2,1H3. The van der Waals surface area contributed by atoms with Gasteiger partial charge in [-0.3, -0.25) is 11.3 Å². The van der Waals surface area contributed by atoms with Gasteiger partial charge in [0.25, 0.3) is 0 Å². The Labute approximate surface area is 87.6 Å². The van der Waals surface area contributed by atoms with Gasteiger partial charge in [0.05, 0.1) is 0 Å². The Bertz CT molecular complexity index is 177. The molecule has 2 saturated carbocycles. The highest BCUT2D eigenvalue weighted by molar-refractivity contribution is 4.88. The van der Waals surface area contributed by atoms with Crippen molar-refractivity contribution < 1.29 is 0 Å². The van der Waals surface area contributed by atoms with Gasteiger partial charge in [-0.05, 0) is 43.4 Å². The van der Waals surface area contributed by atoms with Crippen LogP contribution in [-0.4, -0.2) is 6.04 Å². The SMILES string of the molecule is CC1CCCC(C(NN)C2CCC2)C1. The van der Waals surface area contributed by atoms with E-state index in [2.05, 4.69) is 12.3 Å². The van der Waals surface area contributed by atoms with Crippen molar-refractivity contribution in [2.45, 2.75) is 57.9 Å². The third-order valence-corrected chi connectivity index (χ3v) is 4.33. The molecular weight excluding hydrogens is 172 g/mol. The van der Waals surface area contributed by atoms with Gasteiger partial charge in [-0.15, -0.1) is 0 Å². The average Bonchev–Trinajstić information content (AvgIpc) is 2.10. The van der Waals surface area contributed by atoms with Crippen molar-refractivity contribution in [3.63, 3.8) is 0 Å². The second-order valence-electron chi connectivity index (χ2n) is 5.42. The molecule has 0 heterocycles. The van der Waals surface area contributed by atoms with Crippen LogP contribution in [0.4, 0.5) is 0 Å². The molecule has 3 N–H and O–H groups in total. The Kier molecular flexibility index (Phi) is 3.45. The topological polar surface area (TPSA) is 38.0 Å². The molecule has 0 radical (unpaired) electrons. The molecule has 2 nitrogen and oxygen atoms in total. The smallest absolute Gasteiger partial charge is 0.0267 e. The van der Waals surface area contributed by atoms with Crippen molar-refractivity contribution in [3.8, 4) is 0 Å². The van der Waals surface area contributed by atoms with Gasteiger partial charge in [0.2, 0.25) is 0 Å². The van der Waals surface area contributed by atoms with Gasteiger partial charge < -0.3 is 0 Å². The molecule has 0 aromatic heterocycles. The number of hydrazine groups is 1. The molecule has 3 atom stereocenters. The molecule has 2 aliphatic carbocycles. The maximum absolute atomic E-state index is 5.71. The lowest BCUT2D eigenvalue weighted by Crippen LogP contribution is -2.49. The third-order valence-electron chi connectivity index (χ3n) is 4.33. The Morgan fingerprint density at radius 2 is 1.71 bits per heavy atom. The maximum atomic E-state index is 5.71. The molecule has 0 aromatic carbocycles. The molecule has 2 rings (SSSR count). The quantitative estimate of drug-likeness (QED) is 0.537. The van der Waals surface area contributed by atoms with E-state index in [9.17, 15) is 0 Å². The van der Waals surface area contributed by atoms with Gasteiger partial charge >= 0.3 is 0 Å². The summed E-state index contributed by atoms with van der Waals surface area (Å²) in [7, 11) is 0. The van der Waals surface area contributed by atoms with Crippen molar-refractivity contribution in [2.24, 2.45) is 23.6 Å². The van der Waals surface area contributed by atoms with Crippen molar-refractivity contribution in [1.82, 2.24) is 5.43 Å². The van der Waals surface area contributed by atoms with Crippen molar-refractivity contribution in [2.75, 3.05) is 0 Å². The van der Waals surface area contributed by atoms with Crippen LogP contribution in [0.1, 0.15) is 51.9 Å². The first-order chi connectivity index (χ1) is 6.81. The van der Waals surface area contributed by atoms with E-state index < -0.39 is 0 Å². The van der Waals surface area contributed by atoms with E-state index in [1.165, 1.54) is 44.9 Å². The lowest BCUT2D eigenvalue weighted by Gasteiger charge is -2.41. The van der Waals surface area contributed by atoms with Crippen LogP contribution in [0.2, 0.25) is 0 Å². The normalized spacial score (nSPS) is 36.4. The third kappa shape index (κ3) is 2.12.